The van der Waals surface area contributed by atoms with Crippen molar-refractivity contribution in [3.05, 3.63) is 0 Å². The van der Waals surface area contributed by atoms with Crippen molar-refractivity contribution in [3.63, 3.8) is 0 Å². The Labute approximate surface area is 145 Å². The van der Waals surface area contributed by atoms with E-state index in [2.05, 4.69) is 9.24 Å². The molecule has 11 nitrogen and oxygen atoms in total. The average molecular weight is 388 g/mol. The first-order valence-corrected chi connectivity index (χ1v) is 8.57. The second kappa shape index (κ2) is 9.27. The van der Waals surface area contributed by atoms with Crippen molar-refractivity contribution in [1.82, 2.24) is 0 Å². The van der Waals surface area contributed by atoms with E-state index in [9.17, 15) is 30.6 Å². The molecule has 12 heteroatoms. The van der Waals surface area contributed by atoms with Crippen molar-refractivity contribution in [3.8, 4) is 0 Å². The lowest BCUT2D eigenvalue weighted by atomic mass is 9.97. The maximum absolute atomic E-state index is 10.2. The van der Waals surface area contributed by atoms with Crippen molar-refractivity contribution in [2.24, 2.45) is 0 Å². The normalized spacial score (nSPS) is 48.5. The third-order valence-corrected chi connectivity index (χ3v) is 4.41. The molecule has 2 rings (SSSR count). The van der Waals surface area contributed by atoms with E-state index < -0.39 is 74.6 Å². The molecule has 2 aliphatic heterocycles. The van der Waals surface area contributed by atoms with E-state index >= 15 is 0 Å². The third kappa shape index (κ3) is 4.46. The summed E-state index contributed by atoms with van der Waals surface area (Å²) in [5, 5.41) is 68.4. The van der Waals surface area contributed by atoms with Gasteiger partial charge in [-0.25, -0.2) is 0 Å². The van der Waals surface area contributed by atoms with Crippen molar-refractivity contribution in [2.45, 2.75) is 61.4 Å². The van der Waals surface area contributed by atoms with E-state index in [1.165, 1.54) is 0 Å². The highest BCUT2D eigenvalue weighted by atomic mass is 31.0. The van der Waals surface area contributed by atoms with Gasteiger partial charge >= 0.3 is 0 Å². The monoisotopic (exact) mass is 388 g/mol. The first kappa shape index (κ1) is 21.3. The van der Waals surface area contributed by atoms with Gasteiger partial charge in [0.1, 0.15) is 48.8 Å². The number of hydrogen-bond donors (Lipinski definition) is 7. The second-order valence-electron chi connectivity index (χ2n) is 5.84. The van der Waals surface area contributed by atoms with Gasteiger partial charge in [0.15, 0.2) is 12.6 Å². The fourth-order valence-corrected chi connectivity index (χ4v) is 2.98. The molecule has 0 saturated carbocycles. The summed E-state index contributed by atoms with van der Waals surface area (Å²) in [5.41, 5.74) is 0. The van der Waals surface area contributed by atoms with E-state index in [0.717, 1.165) is 0 Å². The number of aliphatic hydroxyl groups is 7. The summed E-state index contributed by atoms with van der Waals surface area (Å²) >= 11 is 0. The molecular formula is C13H25O11P. The molecule has 2 heterocycles. The summed E-state index contributed by atoms with van der Waals surface area (Å²) in [4.78, 5) is 0. The minimum atomic E-state index is -1.69. The second-order valence-corrected chi connectivity index (χ2v) is 6.17. The number of ether oxygens (including phenoxy) is 4. The molecule has 0 aliphatic carbocycles. The zero-order chi connectivity index (χ0) is 18.7. The van der Waals surface area contributed by atoms with Crippen LogP contribution in [0.25, 0.3) is 0 Å². The molecule has 0 aromatic heterocycles. The van der Waals surface area contributed by atoms with Crippen LogP contribution in [-0.2, 0) is 18.9 Å². The third-order valence-electron chi connectivity index (χ3n) is 4.22. The van der Waals surface area contributed by atoms with Crippen LogP contribution in [0.1, 0.15) is 0 Å². The lowest BCUT2D eigenvalue weighted by Crippen LogP contribution is -2.64. The molecule has 5 unspecified atom stereocenters. The molecule has 25 heavy (non-hydrogen) atoms. The van der Waals surface area contributed by atoms with Crippen molar-refractivity contribution in [1.29, 1.82) is 0 Å². The summed E-state index contributed by atoms with van der Waals surface area (Å²) in [5.74, 6) is 0. The molecule has 2 fully saturated rings. The highest BCUT2D eigenvalue weighted by Gasteiger charge is 2.50. The van der Waals surface area contributed by atoms with Gasteiger partial charge in [0.05, 0.1) is 19.6 Å². The highest BCUT2D eigenvalue weighted by molar-refractivity contribution is 7.16. The molecule has 11 atom stereocenters. The van der Waals surface area contributed by atoms with E-state index in [4.69, 9.17) is 24.1 Å². The standard InChI is InChI=1S/C13H25O11P/c14-1-4-6(16)7(17)9(19)13(22-4)24-11-5(2-15)23-12(21-3-25)10(20)8(11)18/h4-20H,1-3,25H2/t4?,5-,6-,7-,8?,9?,10?,11+,12+,13-/m0/s1. The number of aliphatic hydroxyl groups excluding tert-OH is 7. The SMILES string of the molecule is OCC1O[C@@H](O[C@H]2C(O)C(O)[C@H](OCP)O[C@H]2CO)C(O)[C@@H](O)[C@H]1O. The van der Waals surface area contributed by atoms with Crippen LogP contribution in [-0.4, -0.2) is 117 Å². The molecule has 148 valence electrons. The number of rotatable bonds is 6. The van der Waals surface area contributed by atoms with Crippen LogP contribution in [0, 0.1) is 0 Å². The van der Waals surface area contributed by atoms with Crippen LogP contribution in [0.2, 0.25) is 0 Å². The van der Waals surface area contributed by atoms with Gasteiger partial charge < -0.3 is 54.7 Å². The van der Waals surface area contributed by atoms with Gasteiger partial charge in [0, 0.05) is 0 Å². The zero-order valence-electron chi connectivity index (χ0n) is 13.2. The summed E-state index contributed by atoms with van der Waals surface area (Å²) < 4.78 is 21.0. The van der Waals surface area contributed by atoms with Gasteiger partial charge in [-0.3, -0.25) is 0 Å². The Balaban J connectivity index is 2.11. The molecule has 0 radical (unpaired) electrons. The van der Waals surface area contributed by atoms with Crippen LogP contribution in [0.3, 0.4) is 0 Å². The molecule has 0 amide bonds. The minimum Gasteiger partial charge on any atom is -0.394 e. The first-order valence-electron chi connectivity index (χ1n) is 7.75. The van der Waals surface area contributed by atoms with Crippen molar-refractivity contribution >= 4 is 9.24 Å². The van der Waals surface area contributed by atoms with Crippen LogP contribution in [0.5, 0.6) is 0 Å². The summed E-state index contributed by atoms with van der Waals surface area (Å²) in [7, 11) is 2.25. The topological polar surface area (TPSA) is 179 Å². The Hall–Kier alpha value is -0.0100. The van der Waals surface area contributed by atoms with Gasteiger partial charge in [-0.2, -0.15) is 0 Å². The Morgan fingerprint density at radius 1 is 0.720 bits per heavy atom. The van der Waals surface area contributed by atoms with Gasteiger partial charge in [-0.1, -0.05) is 0 Å². The summed E-state index contributed by atoms with van der Waals surface area (Å²) in [6, 6.07) is 0. The zero-order valence-corrected chi connectivity index (χ0v) is 14.4. The fourth-order valence-electron chi connectivity index (χ4n) is 2.79. The molecule has 7 N–H and O–H groups in total. The Morgan fingerprint density at radius 3 is 1.84 bits per heavy atom. The lowest BCUT2D eigenvalue weighted by Gasteiger charge is -2.45. The smallest absolute Gasteiger partial charge is 0.187 e. The van der Waals surface area contributed by atoms with Crippen molar-refractivity contribution < 1.29 is 54.7 Å². The van der Waals surface area contributed by atoms with E-state index in [0.29, 0.717) is 0 Å². The quantitative estimate of drug-likeness (QED) is 0.218. The molecular weight excluding hydrogens is 363 g/mol. The maximum atomic E-state index is 10.2. The highest BCUT2D eigenvalue weighted by Crippen LogP contribution is 2.29. The molecule has 0 bridgehead atoms. The Bertz CT molecular complexity index is 411. The van der Waals surface area contributed by atoms with Crippen LogP contribution < -0.4 is 0 Å². The fraction of sp³-hybridized carbons (Fsp3) is 1.00. The predicted octanol–water partition coefficient (Wildman–Crippen LogP) is -4.54. The van der Waals surface area contributed by atoms with Crippen LogP contribution in [0.15, 0.2) is 0 Å². The molecule has 2 aliphatic rings. The summed E-state index contributed by atoms with van der Waals surface area (Å²) in [6.45, 7) is -1.24. The lowest BCUT2D eigenvalue weighted by molar-refractivity contribution is -0.357. The molecule has 0 aromatic rings. The maximum Gasteiger partial charge on any atom is 0.187 e. The van der Waals surface area contributed by atoms with Crippen LogP contribution in [0.4, 0.5) is 0 Å². The van der Waals surface area contributed by atoms with Gasteiger partial charge in [-0.05, 0) is 0 Å². The predicted molar refractivity (Wildman–Crippen MR) is 82.1 cm³/mol. The Morgan fingerprint density at radius 2 is 1.28 bits per heavy atom. The number of hydrogen-bond acceptors (Lipinski definition) is 11. The van der Waals surface area contributed by atoms with E-state index in [1.807, 2.05) is 0 Å². The van der Waals surface area contributed by atoms with E-state index in [-0.39, 0.29) is 6.35 Å². The van der Waals surface area contributed by atoms with Gasteiger partial charge in [0.2, 0.25) is 0 Å². The molecule has 0 aromatic carbocycles. The van der Waals surface area contributed by atoms with Crippen LogP contribution >= 0.6 is 9.24 Å². The summed E-state index contributed by atoms with van der Waals surface area (Å²) in [6.07, 6.45) is -14.2. The van der Waals surface area contributed by atoms with Crippen molar-refractivity contribution in [2.75, 3.05) is 19.6 Å². The first-order chi connectivity index (χ1) is 11.8. The Kier molecular flexibility index (Phi) is 7.89. The van der Waals surface area contributed by atoms with E-state index in [1.54, 1.807) is 0 Å². The average Bonchev–Trinajstić information content (AvgIpc) is 2.61. The van der Waals surface area contributed by atoms with Gasteiger partial charge in [0.25, 0.3) is 0 Å². The molecule has 0 spiro atoms. The van der Waals surface area contributed by atoms with Gasteiger partial charge in [-0.15, -0.1) is 9.24 Å². The molecule has 2 saturated heterocycles. The minimum absolute atomic E-state index is 0.116. The largest absolute Gasteiger partial charge is 0.394 e.